The van der Waals surface area contributed by atoms with Crippen LogP contribution in [-0.4, -0.2) is 22.9 Å². The van der Waals surface area contributed by atoms with E-state index in [1.807, 2.05) is 32.0 Å². The molecule has 1 atom stereocenters. The van der Waals surface area contributed by atoms with Crippen LogP contribution in [0.25, 0.3) is 0 Å². The number of carbonyl (C=O) groups excluding carboxylic acids is 2. The van der Waals surface area contributed by atoms with Crippen molar-refractivity contribution >= 4 is 23.4 Å². The van der Waals surface area contributed by atoms with Crippen molar-refractivity contribution in [1.29, 1.82) is 0 Å². The maximum absolute atomic E-state index is 13.4. The second-order valence-electron chi connectivity index (χ2n) is 8.67. The first kappa shape index (κ1) is 23.1. The Bertz CT molecular complexity index is 849. The maximum atomic E-state index is 13.4. The summed E-state index contributed by atoms with van der Waals surface area (Å²) in [5, 5.41) is 1.71. The highest BCUT2D eigenvalue weighted by Crippen LogP contribution is 2.24. The SMILES string of the molecule is CCC[C@@H](NN(C(=O)c1ccc(Cl)cc1)C(=O)c1cc(C)cc(C)c1)C(C)(C)C. The van der Waals surface area contributed by atoms with Gasteiger partial charge in [-0.25, -0.2) is 10.4 Å². The molecule has 29 heavy (non-hydrogen) atoms. The van der Waals surface area contributed by atoms with Gasteiger partial charge in [0.25, 0.3) is 11.8 Å². The lowest BCUT2D eigenvalue weighted by Gasteiger charge is -2.35. The van der Waals surface area contributed by atoms with Gasteiger partial charge in [0.05, 0.1) is 0 Å². The van der Waals surface area contributed by atoms with Crippen molar-refractivity contribution in [2.24, 2.45) is 5.41 Å². The summed E-state index contributed by atoms with van der Waals surface area (Å²) in [6.45, 7) is 12.3. The molecule has 156 valence electrons. The fraction of sp³-hybridized carbons (Fsp3) is 0.417. The Hall–Kier alpha value is -2.17. The number of nitrogens with zero attached hydrogens (tertiary/aromatic N) is 1. The van der Waals surface area contributed by atoms with Gasteiger partial charge < -0.3 is 0 Å². The van der Waals surface area contributed by atoms with E-state index in [9.17, 15) is 9.59 Å². The summed E-state index contributed by atoms with van der Waals surface area (Å²) < 4.78 is 0. The van der Waals surface area contributed by atoms with Crippen molar-refractivity contribution in [3.63, 3.8) is 0 Å². The lowest BCUT2D eigenvalue weighted by atomic mass is 9.84. The minimum Gasteiger partial charge on any atom is -0.267 e. The number of carbonyl (C=O) groups is 2. The van der Waals surface area contributed by atoms with E-state index in [0.29, 0.717) is 16.1 Å². The third kappa shape index (κ3) is 6.15. The highest BCUT2D eigenvalue weighted by atomic mass is 35.5. The number of halogens is 1. The number of hydrogen-bond acceptors (Lipinski definition) is 3. The first-order valence-corrected chi connectivity index (χ1v) is 10.4. The van der Waals surface area contributed by atoms with Crippen molar-refractivity contribution in [3.05, 3.63) is 69.7 Å². The molecule has 2 amide bonds. The number of nitrogens with one attached hydrogen (secondary N) is 1. The Kier molecular flexibility index (Phi) is 7.61. The molecule has 0 fully saturated rings. The summed E-state index contributed by atoms with van der Waals surface area (Å²) in [5.41, 5.74) is 5.97. The number of imide groups is 1. The van der Waals surface area contributed by atoms with Crippen molar-refractivity contribution in [3.8, 4) is 0 Å². The van der Waals surface area contributed by atoms with Crippen LogP contribution in [0.3, 0.4) is 0 Å². The van der Waals surface area contributed by atoms with Crippen LogP contribution in [0.15, 0.2) is 42.5 Å². The van der Waals surface area contributed by atoms with Gasteiger partial charge in [-0.05, 0) is 62.1 Å². The molecule has 4 nitrogen and oxygen atoms in total. The van der Waals surface area contributed by atoms with Crippen LogP contribution in [0.1, 0.15) is 72.4 Å². The molecule has 0 bridgehead atoms. The zero-order valence-corrected chi connectivity index (χ0v) is 18.9. The van der Waals surface area contributed by atoms with E-state index in [0.717, 1.165) is 24.0 Å². The molecule has 2 aromatic rings. The number of amides is 2. The summed E-state index contributed by atoms with van der Waals surface area (Å²) in [6, 6.07) is 12.2. The zero-order valence-electron chi connectivity index (χ0n) is 18.2. The second kappa shape index (κ2) is 9.55. The van der Waals surface area contributed by atoms with Gasteiger partial charge in [-0.15, -0.1) is 0 Å². The monoisotopic (exact) mass is 414 g/mol. The van der Waals surface area contributed by atoms with Gasteiger partial charge >= 0.3 is 0 Å². The molecule has 2 rings (SSSR count). The third-order valence-corrected chi connectivity index (χ3v) is 5.13. The van der Waals surface area contributed by atoms with Crippen molar-refractivity contribution < 1.29 is 9.59 Å². The standard InChI is InChI=1S/C24H31ClN2O2/c1-7-8-21(24(4,5)6)26-27(22(28)18-9-11-20(25)12-10-18)23(29)19-14-16(2)13-17(3)15-19/h9-15,21,26H,7-8H2,1-6H3/t21-/m1/s1. The molecule has 0 aliphatic carbocycles. The Labute approximate surface area is 179 Å². The highest BCUT2D eigenvalue weighted by Gasteiger charge is 2.32. The highest BCUT2D eigenvalue weighted by molar-refractivity contribution is 6.30. The van der Waals surface area contributed by atoms with E-state index in [1.54, 1.807) is 24.3 Å². The van der Waals surface area contributed by atoms with E-state index in [-0.39, 0.29) is 17.4 Å². The number of hydrazine groups is 1. The molecular weight excluding hydrogens is 384 g/mol. The van der Waals surface area contributed by atoms with Crippen molar-refractivity contribution in [1.82, 2.24) is 10.4 Å². The Morgan fingerprint density at radius 2 is 1.48 bits per heavy atom. The molecule has 0 aliphatic rings. The predicted octanol–water partition coefficient (Wildman–Crippen LogP) is 5.96. The van der Waals surface area contributed by atoms with Gasteiger partial charge in [0.2, 0.25) is 0 Å². The molecule has 0 unspecified atom stereocenters. The van der Waals surface area contributed by atoms with E-state index < -0.39 is 5.91 Å². The van der Waals surface area contributed by atoms with E-state index in [4.69, 9.17) is 11.6 Å². The van der Waals surface area contributed by atoms with E-state index in [2.05, 4.69) is 33.1 Å². The molecule has 0 saturated heterocycles. The fourth-order valence-corrected chi connectivity index (χ4v) is 3.42. The lowest BCUT2D eigenvalue weighted by Crippen LogP contribution is -2.55. The minimum atomic E-state index is -0.392. The minimum absolute atomic E-state index is 0.0430. The van der Waals surface area contributed by atoms with Gasteiger partial charge in [0.1, 0.15) is 0 Å². The summed E-state index contributed by atoms with van der Waals surface area (Å²) in [4.78, 5) is 26.7. The quantitative estimate of drug-likeness (QED) is 0.468. The third-order valence-electron chi connectivity index (χ3n) is 4.87. The van der Waals surface area contributed by atoms with Crippen LogP contribution in [0.5, 0.6) is 0 Å². The summed E-state index contributed by atoms with van der Waals surface area (Å²) in [5.74, 6) is -0.752. The first-order chi connectivity index (χ1) is 13.5. The number of benzene rings is 2. The molecule has 0 saturated carbocycles. The molecule has 0 heterocycles. The van der Waals surface area contributed by atoms with Crippen LogP contribution >= 0.6 is 11.6 Å². The molecule has 0 spiro atoms. The molecule has 0 aromatic heterocycles. The van der Waals surface area contributed by atoms with Gasteiger partial charge in [-0.1, -0.05) is 62.9 Å². The molecule has 0 aliphatic heterocycles. The summed E-state index contributed by atoms with van der Waals surface area (Å²) >= 11 is 5.97. The summed E-state index contributed by atoms with van der Waals surface area (Å²) in [7, 11) is 0. The zero-order chi connectivity index (χ0) is 21.8. The van der Waals surface area contributed by atoms with Crippen LogP contribution < -0.4 is 5.43 Å². The van der Waals surface area contributed by atoms with Gasteiger partial charge in [0, 0.05) is 22.2 Å². The van der Waals surface area contributed by atoms with Crippen LogP contribution in [0.2, 0.25) is 5.02 Å². The van der Waals surface area contributed by atoms with Gasteiger partial charge in [0.15, 0.2) is 0 Å². The smallest absolute Gasteiger partial charge is 0.267 e. The Morgan fingerprint density at radius 3 is 1.97 bits per heavy atom. The normalized spacial score (nSPS) is 12.5. The van der Waals surface area contributed by atoms with Crippen LogP contribution in [0.4, 0.5) is 0 Å². The van der Waals surface area contributed by atoms with Crippen molar-refractivity contribution in [2.75, 3.05) is 0 Å². The first-order valence-electron chi connectivity index (χ1n) is 10.0. The number of rotatable bonds is 6. The molecule has 0 radical (unpaired) electrons. The Morgan fingerprint density at radius 1 is 0.966 bits per heavy atom. The molecule has 2 aromatic carbocycles. The van der Waals surface area contributed by atoms with Gasteiger partial charge in [-0.2, -0.15) is 0 Å². The largest absolute Gasteiger partial charge is 0.275 e. The number of aryl methyl sites for hydroxylation is 2. The predicted molar refractivity (Wildman–Crippen MR) is 119 cm³/mol. The molecule has 1 N–H and O–H groups in total. The van der Waals surface area contributed by atoms with E-state index in [1.165, 1.54) is 5.01 Å². The van der Waals surface area contributed by atoms with Crippen molar-refractivity contribution in [2.45, 2.75) is 60.4 Å². The van der Waals surface area contributed by atoms with Crippen LogP contribution in [0, 0.1) is 19.3 Å². The van der Waals surface area contributed by atoms with Crippen LogP contribution in [-0.2, 0) is 0 Å². The maximum Gasteiger partial charge on any atom is 0.275 e. The molecular formula is C24H31ClN2O2. The second-order valence-corrected chi connectivity index (χ2v) is 9.10. The summed E-state index contributed by atoms with van der Waals surface area (Å²) in [6.07, 6.45) is 1.78. The lowest BCUT2D eigenvalue weighted by molar-refractivity contribution is 0.0425. The fourth-order valence-electron chi connectivity index (χ4n) is 3.29. The topological polar surface area (TPSA) is 49.4 Å². The molecule has 5 heteroatoms. The van der Waals surface area contributed by atoms with E-state index >= 15 is 0 Å². The number of hydrogen-bond donors (Lipinski definition) is 1. The average Bonchev–Trinajstić information content (AvgIpc) is 2.63. The Balaban J connectivity index is 2.47. The average molecular weight is 415 g/mol. The van der Waals surface area contributed by atoms with Gasteiger partial charge in [-0.3, -0.25) is 9.59 Å².